The van der Waals surface area contributed by atoms with Crippen molar-refractivity contribution in [2.75, 3.05) is 19.7 Å². The van der Waals surface area contributed by atoms with Gasteiger partial charge >= 0.3 is 0 Å². The van der Waals surface area contributed by atoms with Gasteiger partial charge in [-0.25, -0.2) is 9.50 Å². The first-order chi connectivity index (χ1) is 19.9. The van der Waals surface area contributed by atoms with E-state index in [1.165, 1.54) is 0 Å². The number of likely N-dealkylation sites (N-methyl/N-ethyl adjacent to an activating group) is 1. The first-order valence-corrected chi connectivity index (χ1v) is 14.2. The molecule has 0 atom stereocenters. The molecule has 0 fully saturated rings. The molecule has 0 unspecified atom stereocenters. The molecule has 3 aromatic carbocycles. The van der Waals surface area contributed by atoms with Crippen molar-refractivity contribution in [1.29, 1.82) is 0 Å². The van der Waals surface area contributed by atoms with Gasteiger partial charge in [-0.15, -0.1) is 0 Å². The summed E-state index contributed by atoms with van der Waals surface area (Å²) in [7, 11) is 0. The fraction of sp³-hybridized carbons (Fsp3) is 0.265. The van der Waals surface area contributed by atoms with Crippen molar-refractivity contribution in [2.45, 2.75) is 40.5 Å². The predicted octanol–water partition coefficient (Wildman–Crippen LogP) is 6.94. The van der Waals surface area contributed by atoms with E-state index >= 15 is 0 Å². The third kappa shape index (κ3) is 5.80. The van der Waals surface area contributed by atoms with Gasteiger partial charge in [0.25, 0.3) is 0 Å². The van der Waals surface area contributed by atoms with Gasteiger partial charge in [-0.05, 0) is 69.7 Å². The Morgan fingerprint density at radius 1 is 0.927 bits per heavy atom. The van der Waals surface area contributed by atoms with E-state index in [9.17, 15) is 9.90 Å². The molecule has 2 heterocycles. The highest BCUT2D eigenvalue weighted by Gasteiger charge is 2.24. The predicted molar refractivity (Wildman–Crippen MR) is 163 cm³/mol. The Balaban J connectivity index is 1.78. The fourth-order valence-corrected chi connectivity index (χ4v) is 5.03. The molecule has 0 aliphatic heterocycles. The number of aromatic nitrogens is 3. The van der Waals surface area contributed by atoms with Crippen LogP contribution in [0.5, 0.6) is 11.5 Å². The molecule has 210 valence electrons. The maximum atomic E-state index is 13.5. The number of carbonyl (C=O) groups is 1. The molecule has 1 amide bonds. The number of carbonyl (C=O) groups excluding carboxylic acids is 1. The van der Waals surface area contributed by atoms with Crippen molar-refractivity contribution < 1.29 is 14.6 Å². The summed E-state index contributed by atoms with van der Waals surface area (Å²) in [5.74, 6) is 0.952. The normalized spacial score (nSPS) is 11.1. The van der Waals surface area contributed by atoms with Gasteiger partial charge in [0.05, 0.1) is 30.1 Å². The highest BCUT2D eigenvalue weighted by molar-refractivity contribution is 5.86. The highest BCUT2D eigenvalue weighted by Crippen LogP contribution is 2.36. The van der Waals surface area contributed by atoms with E-state index in [2.05, 4.69) is 6.92 Å². The summed E-state index contributed by atoms with van der Waals surface area (Å²) in [5.41, 5.74) is 6.90. The van der Waals surface area contributed by atoms with E-state index < -0.39 is 0 Å². The first-order valence-electron chi connectivity index (χ1n) is 14.2. The Bertz CT molecular complexity index is 1660. The topological polar surface area (TPSA) is 80.0 Å². The van der Waals surface area contributed by atoms with Crippen LogP contribution in [-0.4, -0.2) is 50.2 Å². The zero-order valence-electron chi connectivity index (χ0n) is 24.1. The Morgan fingerprint density at radius 2 is 1.66 bits per heavy atom. The van der Waals surface area contributed by atoms with Crippen LogP contribution in [0.4, 0.5) is 0 Å². The van der Waals surface area contributed by atoms with E-state index in [4.69, 9.17) is 14.8 Å². The average molecular weight is 549 g/mol. The number of amides is 1. The molecular formula is C34H36N4O3. The molecule has 7 heteroatoms. The molecule has 0 spiro atoms. The number of ether oxygens (including phenoxy) is 1. The Labute approximate surface area is 241 Å². The van der Waals surface area contributed by atoms with Crippen LogP contribution in [0.25, 0.3) is 39.4 Å². The first kappa shape index (κ1) is 27.9. The van der Waals surface area contributed by atoms with Gasteiger partial charge in [0.2, 0.25) is 5.91 Å². The van der Waals surface area contributed by atoms with Crippen LogP contribution in [-0.2, 0) is 11.2 Å². The summed E-state index contributed by atoms with van der Waals surface area (Å²) >= 11 is 0. The maximum Gasteiger partial charge on any atom is 0.227 e. The minimum Gasteiger partial charge on any atom is -0.507 e. The molecular weight excluding hydrogens is 512 g/mol. The third-order valence-corrected chi connectivity index (χ3v) is 7.23. The van der Waals surface area contributed by atoms with Crippen LogP contribution in [0.15, 0.2) is 78.9 Å². The summed E-state index contributed by atoms with van der Waals surface area (Å²) in [4.78, 5) is 20.4. The number of fused-ring (bicyclic) bond motifs is 1. The molecule has 1 N–H and O–H groups in total. The lowest BCUT2D eigenvalue weighted by molar-refractivity contribution is -0.130. The second-order valence-electron chi connectivity index (χ2n) is 10.1. The summed E-state index contributed by atoms with van der Waals surface area (Å²) < 4.78 is 7.57. The van der Waals surface area contributed by atoms with Crippen LogP contribution in [0.2, 0.25) is 0 Å². The van der Waals surface area contributed by atoms with Crippen LogP contribution >= 0.6 is 0 Å². The summed E-state index contributed by atoms with van der Waals surface area (Å²) in [6.07, 6.45) is 1.08. The Morgan fingerprint density at radius 3 is 2.34 bits per heavy atom. The van der Waals surface area contributed by atoms with E-state index in [0.29, 0.717) is 42.3 Å². The van der Waals surface area contributed by atoms with Crippen molar-refractivity contribution in [3.8, 4) is 45.3 Å². The Kier molecular flexibility index (Phi) is 8.34. The minimum absolute atomic E-state index is 0.0147. The van der Waals surface area contributed by atoms with E-state index in [-0.39, 0.29) is 18.1 Å². The molecule has 0 saturated carbocycles. The molecule has 0 radical (unpaired) electrons. The van der Waals surface area contributed by atoms with Crippen molar-refractivity contribution in [2.24, 2.45) is 0 Å². The van der Waals surface area contributed by atoms with Crippen molar-refractivity contribution in [3.05, 3.63) is 90.0 Å². The fourth-order valence-electron chi connectivity index (χ4n) is 5.03. The quantitative estimate of drug-likeness (QED) is 0.204. The summed E-state index contributed by atoms with van der Waals surface area (Å²) in [6, 6.07) is 25.2. The second kappa shape index (κ2) is 12.3. The maximum absolute atomic E-state index is 13.5. The van der Waals surface area contributed by atoms with Gasteiger partial charge in [-0.3, -0.25) is 4.79 Å². The zero-order valence-corrected chi connectivity index (χ0v) is 24.1. The standard InChI is InChI=1S/C34H36N4O3/c1-5-19-41-26-16-14-25(15-17-26)33-28(21-32(40)37(6-2)7-3)34-35-29(24-11-9-8-10-12-24)22-30(38(34)36-33)27-20-23(4)13-18-31(27)39/h8-18,20,22,39H,5-7,19,21H2,1-4H3. The number of phenols is 1. The molecule has 0 aliphatic carbocycles. The van der Waals surface area contributed by atoms with Crippen LogP contribution in [0, 0.1) is 6.92 Å². The molecule has 0 bridgehead atoms. The molecule has 0 aliphatic rings. The number of rotatable bonds is 10. The van der Waals surface area contributed by atoms with Crippen LogP contribution in [0.3, 0.4) is 0 Å². The molecule has 41 heavy (non-hydrogen) atoms. The number of aryl methyl sites for hydroxylation is 1. The lowest BCUT2D eigenvalue weighted by Crippen LogP contribution is -2.31. The van der Waals surface area contributed by atoms with E-state index in [1.54, 1.807) is 10.6 Å². The van der Waals surface area contributed by atoms with Gasteiger partial charge in [0, 0.05) is 35.3 Å². The molecule has 2 aromatic heterocycles. The highest BCUT2D eigenvalue weighted by atomic mass is 16.5. The monoisotopic (exact) mass is 548 g/mol. The number of phenolic OH excluding ortho intramolecular Hbond substituents is 1. The van der Waals surface area contributed by atoms with Gasteiger partial charge in [-0.2, -0.15) is 5.10 Å². The van der Waals surface area contributed by atoms with Crippen LogP contribution in [0.1, 0.15) is 38.3 Å². The van der Waals surface area contributed by atoms with Crippen LogP contribution < -0.4 is 4.74 Å². The Hall–Kier alpha value is -4.65. The lowest BCUT2D eigenvalue weighted by atomic mass is 10.0. The smallest absolute Gasteiger partial charge is 0.227 e. The lowest BCUT2D eigenvalue weighted by Gasteiger charge is -2.18. The summed E-state index contributed by atoms with van der Waals surface area (Å²) in [5, 5.41) is 16.0. The molecule has 5 rings (SSSR count). The largest absolute Gasteiger partial charge is 0.507 e. The van der Waals surface area contributed by atoms with Gasteiger partial charge < -0.3 is 14.7 Å². The number of benzene rings is 3. The number of hydrogen-bond acceptors (Lipinski definition) is 5. The third-order valence-electron chi connectivity index (χ3n) is 7.23. The second-order valence-corrected chi connectivity index (χ2v) is 10.1. The van der Waals surface area contributed by atoms with E-state index in [0.717, 1.165) is 40.1 Å². The van der Waals surface area contributed by atoms with E-state index in [1.807, 2.05) is 98.5 Å². The minimum atomic E-state index is 0.0147. The molecule has 5 aromatic rings. The van der Waals surface area contributed by atoms with Crippen molar-refractivity contribution in [1.82, 2.24) is 19.5 Å². The van der Waals surface area contributed by atoms with Crippen molar-refractivity contribution in [3.63, 3.8) is 0 Å². The summed E-state index contributed by atoms with van der Waals surface area (Å²) in [6.45, 7) is 9.92. The van der Waals surface area contributed by atoms with Gasteiger partial charge in [0.1, 0.15) is 11.5 Å². The molecule has 0 saturated heterocycles. The van der Waals surface area contributed by atoms with Gasteiger partial charge in [-0.1, -0.05) is 48.9 Å². The number of aromatic hydroxyl groups is 1. The average Bonchev–Trinajstić information content (AvgIpc) is 3.36. The molecule has 7 nitrogen and oxygen atoms in total. The SMILES string of the molecule is CCCOc1ccc(-c2nn3c(-c4cc(C)ccc4O)cc(-c4ccccc4)nc3c2CC(=O)N(CC)CC)cc1. The van der Waals surface area contributed by atoms with Crippen molar-refractivity contribution >= 4 is 11.6 Å². The van der Waals surface area contributed by atoms with Gasteiger partial charge in [0.15, 0.2) is 5.65 Å². The number of nitrogens with zero attached hydrogens (tertiary/aromatic N) is 4. The number of hydrogen-bond donors (Lipinski definition) is 1. The zero-order chi connectivity index (χ0) is 28.9.